The lowest BCUT2D eigenvalue weighted by molar-refractivity contribution is -0.383. The Morgan fingerprint density at radius 3 is 2.64 bits per heavy atom. The van der Waals surface area contributed by atoms with Crippen LogP contribution in [0.4, 0.5) is 5.69 Å². The van der Waals surface area contributed by atoms with Crippen molar-refractivity contribution in [3.63, 3.8) is 0 Å². The highest BCUT2D eigenvalue weighted by Gasteiger charge is 2.19. The van der Waals surface area contributed by atoms with E-state index in [1.54, 1.807) is 45.9 Å². The van der Waals surface area contributed by atoms with Crippen LogP contribution in [-0.4, -0.2) is 21.5 Å². The molecule has 0 aliphatic carbocycles. The van der Waals surface area contributed by atoms with Gasteiger partial charge >= 0.3 is 5.97 Å². The number of hydrogen-bond donors (Lipinski definition) is 0. The summed E-state index contributed by atoms with van der Waals surface area (Å²) in [5.74, 6) is -0.379. The number of ether oxygens (including phenoxy) is 1. The first kappa shape index (κ1) is 15.9. The summed E-state index contributed by atoms with van der Waals surface area (Å²) in [4.78, 5) is 27.0. The third-order valence-corrected chi connectivity index (χ3v) is 3.08. The number of non-ortho nitro benzene ring substituents is 1. The van der Waals surface area contributed by atoms with Gasteiger partial charge in [-0.15, -0.1) is 0 Å². The molecule has 1 heterocycles. The van der Waals surface area contributed by atoms with Crippen LogP contribution in [0.5, 0.6) is 0 Å². The second-order valence-electron chi connectivity index (χ2n) is 6.10. The van der Waals surface area contributed by atoms with E-state index in [9.17, 15) is 14.9 Å². The van der Waals surface area contributed by atoms with Gasteiger partial charge in [0.2, 0.25) is 0 Å². The van der Waals surface area contributed by atoms with Crippen molar-refractivity contribution in [1.82, 2.24) is 4.98 Å². The lowest BCUT2D eigenvalue weighted by atomic mass is 10.1. The zero-order valence-electron chi connectivity index (χ0n) is 13.0. The van der Waals surface area contributed by atoms with E-state index in [1.165, 1.54) is 6.07 Å². The van der Waals surface area contributed by atoms with Gasteiger partial charge in [0.15, 0.2) is 0 Å². The van der Waals surface area contributed by atoms with Crippen LogP contribution in [0.2, 0.25) is 0 Å². The molecule has 0 aliphatic heterocycles. The largest absolute Gasteiger partial charge is 0.460 e. The van der Waals surface area contributed by atoms with Crippen LogP contribution < -0.4 is 0 Å². The molecule has 1 aromatic carbocycles. The molecule has 0 fully saturated rings. The smallest absolute Gasteiger partial charge is 0.310 e. The molecule has 1 aromatic heterocycles. The number of aryl methyl sites for hydroxylation is 1. The highest BCUT2D eigenvalue weighted by Crippen LogP contribution is 2.26. The molecular formula is C16H18N2O4. The van der Waals surface area contributed by atoms with Gasteiger partial charge in [0.1, 0.15) is 5.60 Å². The maximum atomic E-state index is 12.0. The molecule has 116 valence electrons. The first-order valence-corrected chi connectivity index (χ1v) is 6.93. The van der Waals surface area contributed by atoms with Crippen LogP contribution >= 0.6 is 0 Å². The second kappa shape index (κ2) is 5.71. The molecule has 0 saturated heterocycles. The van der Waals surface area contributed by atoms with E-state index in [-0.39, 0.29) is 18.1 Å². The number of pyridine rings is 1. The minimum atomic E-state index is -0.568. The summed E-state index contributed by atoms with van der Waals surface area (Å²) in [6, 6.07) is 6.39. The Kier molecular flexibility index (Phi) is 4.12. The summed E-state index contributed by atoms with van der Waals surface area (Å²) in [5.41, 5.74) is 1.26. The van der Waals surface area contributed by atoms with Gasteiger partial charge in [-0.25, -0.2) is 0 Å². The summed E-state index contributed by atoms with van der Waals surface area (Å²) < 4.78 is 5.29. The third kappa shape index (κ3) is 3.58. The molecule has 0 spiro atoms. The van der Waals surface area contributed by atoms with Crippen molar-refractivity contribution in [1.29, 1.82) is 0 Å². The zero-order valence-corrected chi connectivity index (χ0v) is 13.0. The molecule has 0 atom stereocenters. The highest BCUT2D eigenvalue weighted by atomic mass is 16.6. The van der Waals surface area contributed by atoms with Gasteiger partial charge in [-0.05, 0) is 45.4 Å². The van der Waals surface area contributed by atoms with Gasteiger partial charge in [0.05, 0.1) is 22.2 Å². The topological polar surface area (TPSA) is 82.3 Å². The van der Waals surface area contributed by atoms with Crippen molar-refractivity contribution in [2.75, 3.05) is 0 Å². The first-order valence-electron chi connectivity index (χ1n) is 6.93. The van der Waals surface area contributed by atoms with Gasteiger partial charge < -0.3 is 4.74 Å². The Morgan fingerprint density at radius 1 is 1.36 bits per heavy atom. The summed E-state index contributed by atoms with van der Waals surface area (Å²) in [6.07, 6.45) is 0.0398. The maximum Gasteiger partial charge on any atom is 0.310 e. The molecular weight excluding hydrogens is 284 g/mol. The summed E-state index contributed by atoms with van der Waals surface area (Å²) in [6.45, 7) is 7.15. The summed E-state index contributed by atoms with van der Waals surface area (Å²) in [5, 5.41) is 11.5. The number of aromatic nitrogens is 1. The number of fused-ring (bicyclic) bond motifs is 1. The van der Waals surface area contributed by atoms with Crippen LogP contribution in [0.25, 0.3) is 10.9 Å². The molecule has 2 aromatic rings. The molecule has 2 rings (SSSR count). The monoisotopic (exact) mass is 302 g/mol. The van der Waals surface area contributed by atoms with Crippen molar-refractivity contribution in [2.45, 2.75) is 39.7 Å². The molecule has 0 N–H and O–H groups in total. The van der Waals surface area contributed by atoms with Crippen molar-refractivity contribution < 1.29 is 14.5 Å². The zero-order chi connectivity index (χ0) is 16.5. The highest BCUT2D eigenvalue weighted by molar-refractivity contribution is 5.89. The number of nitrogens with zero attached hydrogens (tertiary/aromatic N) is 2. The van der Waals surface area contributed by atoms with Crippen LogP contribution in [0.1, 0.15) is 32.0 Å². The molecule has 0 bridgehead atoms. The molecule has 22 heavy (non-hydrogen) atoms. The third-order valence-electron chi connectivity index (χ3n) is 3.08. The number of nitro groups is 1. The van der Waals surface area contributed by atoms with Crippen LogP contribution in [-0.2, 0) is 16.0 Å². The minimum Gasteiger partial charge on any atom is -0.460 e. The van der Waals surface area contributed by atoms with Gasteiger partial charge in [-0.1, -0.05) is 6.07 Å². The fourth-order valence-corrected chi connectivity index (χ4v) is 2.19. The number of rotatable bonds is 3. The summed E-state index contributed by atoms with van der Waals surface area (Å²) >= 11 is 0. The first-order chi connectivity index (χ1) is 10.2. The SMILES string of the molecule is Cc1nc2cccc([N+](=O)[O-])c2cc1CC(=O)OC(C)(C)C. The Labute approximate surface area is 128 Å². The number of carbonyl (C=O) groups is 1. The van der Waals surface area contributed by atoms with E-state index in [0.717, 1.165) is 0 Å². The lowest BCUT2D eigenvalue weighted by Crippen LogP contribution is -2.25. The van der Waals surface area contributed by atoms with Gasteiger partial charge in [-0.2, -0.15) is 0 Å². The molecule has 0 amide bonds. The van der Waals surface area contributed by atoms with Crippen LogP contribution in [0.3, 0.4) is 0 Å². The average Bonchev–Trinajstić information content (AvgIpc) is 2.36. The van der Waals surface area contributed by atoms with Crippen LogP contribution in [0.15, 0.2) is 24.3 Å². The molecule has 0 radical (unpaired) electrons. The van der Waals surface area contributed by atoms with Gasteiger partial charge in [0.25, 0.3) is 5.69 Å². The number of nitro benzene ring substituents is 1. The Balaban J connectivity index is 2.42. The van der Waals surface area contributed by atoms with Crippen molar-refractivity contribution in [2.24, 2.45) is 0 Å². The van der Waals surface area contributed by atoms with Crippen molar-refractivity contribution >= 4 is 22.6 Å². The van der Waals surface area contributed by atoms with Crippen LogP contribution in [0, 0.1) is 17.0 Å². The Bertz CT molecular complexity index is 748. The number of esters is 1. The van der Waals surface area contributed by atoms with E-state index >= 15 is 0 Å². The quantitative estimate of drug-likeness (QED) is 0.493. The summed E-state index contributed by atoms with van der Waals surface area (Å²) in [7, 11) is 0. The van der Waals surface area contributed by atoms with E-state index in [0.29, 0.717) is 22.2 Å². The van der Waals surface area contributed by atoms with Crippen molar-refractivity contribution in [3.05, 3.63) is 45.6 Å². The number of hydrogen-bond acceptors (Lipinski definition) is 5. The van der Waals surface area contributed by atoms with E-state index in [2.05, 4.69) is 4.98 Å². The fraction of sp³-hybridized carbons (Fsp3) is 0.375. The fourth-order valence-electron chi connectivity index (χ4n) is 2.19. The van der Waals surface area contributed by atoms with Gasteiger partial charge in [-0.3, -0.25) is 19.9 Å². The second-order valence-corrected chi connectivity index (χ2v) is 6.10. The van der Waals surface area contributed by atoms with E-state index < -0.39 is 10.5 Å². The van der Waals surface area contributed by atoms with Crippen molar-refractivity contribution in [3.8, 4) is 0 Å². The Hall–Kier alpha value is -2.50. The molecule has 6 heteroatoms. The standard InChI is InChI=1S/C16H18N2O4/c1-10-11(9-15(19)22-16(2,3)4)8-12-13(17-10)6-5-7-14(12)18(20)21/h5-8H,9H2,1-4H3. The molecule has 0 aliphatic rings. The van der Waals surface area contributed by atoms with E-state index in [4.69, 9.17) is 4.74 Å². The van der Waals surface area contributed by atoms with Gasteiger partial charge in [0, 0.05) is 11.8 Å². The molecule has 0 unspecified atom stereocenters. The number of carbonyl (C=O) groups excluding carboxylic acids is 1. The maximum absolute atomic E-state index is 12.0. The average molecular weight is 302 g/mol. The van der Waals surface area contributed by atoms with E-state index in [1.807, 2.05) is 0 Å². The predicted octanol–water partition coefficient (Wildman–Crippen LogP) is 3.34. The lowest BCUT2D eigenvalue weighted by Gasteiger charge is -2.19. The Morgan fingerprint density at radius 2 is 2.05 bits per heavy atom. The predicted molar refractivity (Wildman–Crippen MR) is 82.7 cm³/mol. The molecule has 0 saturated carbocycles. The number of benzene rings is 1. The normalized spacial score (nSPS) is 11.5. The minimum absolute atomic E-state index is 0.0181. The molecule has 6 nitrogen and oxygen atoms in total.